The summed E-state index contributed by atoms with van der Waals surface area (Å²) in [5.74, 6) is 0.544. The number of aromatic nitrogens is 2. The lowest BCUT2D eigenvalue weighted by molar-refractivity contribution is 0.0694. The third kappa shape index (κ3) is 4.38. The Labute approximate surface area is 184 Å². The van der Waals surface area contributed by atoms with Crippen LogP contribution in [-0.2, 0) is 11.2 Å². The zero-order valence-corrected chi connectivity index (χ0v) is 18.1. The molecule has 1 amide bonds. The Morgan fingerprint density at radius 2 is 1.97 bits per heavy atom. The summed E-state index contributed by atoms with van der Waals surface area (Å²) < 4.78 is 10.7. The van der Waals surface area contributed by atoms with Gasteiger partial charge in [0.15, 0.2) is 5.89 Å². The van der Waals surface area contributed by atoms with Gasteiger partial charge < -0.3 is 14.5 Å². The fourth-order valence-electron chi connectivity index (χ4n) is 3.89. The monoisotopic (exact) mass is 433 g/mol. The van der Waals surface area contributed by atoms with Gasteiger partial charge >= 0.3 is 0 Å². The van der Waals surface area contributed by atoms with E-state index in [1.54, 1.807) is 17.6 Å². The molecule has 1 saturated heterocycles. The Hall–Kier alpha value is -3.03. The van der Waals surface area contributed by atoms with Crippen molar-refractivity contribution in [2.24, 2.45) is 0 Å². The van der Waals surface area contributed by atoms with Gasteiger partial charge in [0.05, 0.1) is 0 Å². The summed E-state index contributed by atoms with van der Waals surface area (Å²) >= 11 is 1.56. The van der Waals surface area contributed by atoms with Crippen LogP contribution >= 0.6 is 11.3 Å². The molecule has 7 heteroatoms. The quantitative estimate of drug-likeness (QED) is 0.491. The van der Waals surface area contributed by atoms with Crippen LogP contribution in [0.3, 0.4) is 0 Å². The van der Waals surface area contributed by atoms with E-state index in [1.807, 2.05) is 18.4 Å². The second kappa shape index (κ2) is 8.61. The molecule has 0 spiro atoms. The highest BCUT2D eigenvalue weighted by molar-refractivity contribution is 7.16. The lowest BCUT2D eigenvalue weighted by Gasteiger charge is -2.23. The topological polar surface area (TPSA) is 77.2 Å². The van der Waals surface area contributed by atoms with E-state index in [1.165, 1.54) is 5.56 Å². The Bertz CT molecular complexity index is 1210. The molecule has 1 aliphatic heterocycles. The fourth-order valence-corrected chi connectivity index (χ4v) is 4.70. The Morgan fingerprint density at radius 3 is 2.71 bits per heavy atom. The van der Waals surface area contributed by atoms with Crippen LogP contribution in [0.4, 0.5) is 0 Å². The predicted molar refractivity (Wildman–Crippen MR) is 120 cm³/mol. The number of pyridine rings is 1. The molecule has 0 radical (unpaired) electrons. The number of nitrogens with one attached hydrogen (secondary N) is 1. The first kappa shape index (κ1) is 19.9. The normalized spacial score (nSPS) is 14.7. The minimum atomic E-state index is -0.111. The zero-order valence-electron chi connectivity index (χ0n) is 17.3. The minimum Gasteiger partial charge on any atom is -0.449 e. The fraction of sp³-hybridized carbons (Fsp3) is 0.292. The molecular formula is C24H23N3O3S. The molecule has 5 rings (SSSR count). The number of hydrogen-bond donors (Lipinski definition) is 1. The Kier molecular flexibility index (Phi) is 5.53. The first-order chi connectivity index (χ1) is 15.2. The highest BCUT2D eigenvalue weighted by Crippen LogP contribution is 2.27. The number of aryl methyl sites for hydroxylation is 1. The maximum Gasteiger partial charge on any atom is 0.270 e. The van der Waals surface area contributed by atoms with Crippen molar-refractivity contribution < 1.29 is 13.9 Å². The molecule has 158 valence electrons. The number of oxazole rings is 1. The molecule has 0 atom stereocenters. The van der Waals surface area contributed by atoms with Crippen molar-refractivity contribution in [2.75, 3.05) is 13.2 Å². The first-order valence-electron chi connectivity index (χ1n) is 10.4. The molecule has 4 aromatic rings. The van der Waals surface area contributed by atoms with Crippen LogP contribution in [0.15, 0.2) is 52.5 Å². The van der Waals surface area contributed by atoms with Crippen LogP contribution in [0.25, 0.3) is 21.5 Å². The number of fused-ring (bicyclic) bond motifs is 1. The van der Waals surface area contributed by atoms with Gasteiger partial charge in [0, 0.05) is 37.1 Å². The maximum atomic E-state index is 12.9. The summed E-state index contributed by atoms with van der Waals surface area (Å²) in [4.78, 5) is 22.8. The van der Waals surface area contributed by atoms with E-state index >= 15 is 0 Å². The van der Waals surface area contributed by atoms with Crippen molar-refractivity contribution in [3.63, 3.8) is 0 Å². The summed E-state index contributed by atoms with van der Waals surface area (Å²) in [5.41, 5.74) is 4.60. The van der Waals surface area contributed by atoms with Gasteiger partial charge in [0.25, 0.3) is 5.91 Å². The third-order valence-corrected chi connectivity index (χ3v) is 6.38. The van der Waals surface area contributed by atoms with Crippen LogP contribution in [0.1, 0.15) is 40.3 Å². The van der Waals surface area contributed by atoms with Gasteiger partial charge in [0.2, 0.25) is 0 Å². The van der Waals surface area contributed by atoms with Crippen LogP contribution in [-0.4, -0.2) is 35.1 Å². The van der Waals surface area contributed by atoms with E-state index in [0.29, 0.717) is 24.8 Å². The molecule has 3 aromatic heterocycles. The molecule has 1 N–H and O–H groups in total. The van der Waals surface area contributed by atoms with Crippen molar-refractivity contribution in [1.82, 2.24) is 15.3 Å². The molecule has 31 heavy (non-hydrogen) atoms. The Morgan fingerprint density at radius 1 is 1.16 bits per heavy atom. The van der Waals surface area contributed by atoms with Gasteiger partial charge in [-0.25, -0.2) is 9.97 Å². The average molecular weight is 434 g/mol. The molecule has 1 aromatic carbocycles. The molecule has 1 fully saturated rings. The SMILES string of the molecule is Cc1nc(-c2ccc(Cc3cc(C(=O)NC4CCOCC4)nc4sccc34)cc2)co1. The summed E-state index contributed by atoms with van der Waals surface area (Å²) in [5, 5.41) is 6.24. The van der Waals surface area contributed by atoms with Crippen molar-refractivity contribution in [2.45, 2.75) is 32.2 Å². The van der Waals surface area contributed by atoms with Crippen molar-refractivity contribution in [3.8, 4) is 11.3 Å². The van der Waals surface area contributed by atoms with E-state index in [4.69, 9.17) is 9.15 Å². The van der Waals surface area contributed by atoms with Crippen molar-refractivity contribution >= 4 is 27.5 Å². The standard InChI is InChI=1S/C24H23N3O3S/c1-15-25-22(14-30-15)17-4-2-16(3-5-17)12-18-13-21(27-24-20(18)8-11-31-24)23(28)26-19-6-9-29-10-7-19/h2-5,8,11,13-14,19H,6-7,9-10,12H2,1H3,(H,26,28). The maximum absolute atomic E-state index is 12.9. The van der Waals surface area contributed by atoms with E-state index in [0.717, 1.165) is 46.3 Å². The second-order valence-electron chi connectivity index (χ2n) is 7.79. The molecule has 0 unspecified atom stereocenters. The lowest BCUT2D eigenvalue weighted by Crippen LogP contribution is -2.39. The van der Waals surface area contributed by atoms with E-state index in [9.17, 15) is 4.79 Å². The van der Waals surface area contributed by atoms with E-state index in [-0.39, 0.29) is 11.9 Å². The van der Waals surface area contributed by atoms with Gasteiger partial charge in [0.1, 0.15) is 22.5 Å². The predicted octanol–water partition coefficient (Wildman–Crippen LogP) is 4.76. The number of amides is 1. The van der Waals surface area contributed by atoms with Gasteiger partial charge in [-0.2, -0.15) is 0 Å². The largest absolute Gasteiger partial charge is 0.449 e. The number of ether oxygens (including phenoxy) is 1. The van der Waals surface area contributed by atoms with Gasteiger partial charge in [-0.3, -0.25) is 4.79 Å². The molecule has 1 aliphatic rings. The highest BCUT2D eigenvalue weighted by atomic mass is 32.1. The summed E-state index contributed by atoms with van der Waals surface area (Å²) in [6.45, 7) is 3.22. The van der Waals surface area contributed by atoms with Crippen LogP contribution in [0, 0.1) is 6.92 Å². The van der Waals surface area contributed by atoms with Crippen LogP contribution in [0.5, 0.6) is 0 Å². The number of hydrogen-bond acceptors (Lipinski definition) is 6. The Balaban J connectivity index is 1.38. The molecular weight excluding hydrogens is 410 g/mol. The number of nitrogens with zero attached hydrogens (tertiary/aromatic N) is 2. The minimum absolute atomic E-state index is 0.111. The summed E-state index contributed by atoms with van der Waals surface area (Å²) in [6.07, 6.45) is 4.09. The number of benzene rings is 1. The number of thiophene rings is 1. The lowest BCUT2D eigenvalue weighted by atomic mass is 10.0. The van der Waals surface area contributed by atoms with Crippen LogP contribution in [0.2, 0.25) is 0 Å². The second-order valence-corrected chi connectivity index (χ2v) is 8.69. The average Bonchev–Trinajstić information content (AvgIpc) is 3.44. The smallest absolute Gasteiger partial charge is 0.270 e. The highest BCUT2D eigenvalue weighted by Gasteiger charge is 2.19. The number of carbonyl (C=O) groups excluding carboxylic acids is 1. The molecule has 4 heterocycles. The van der Waals surface area contributed by atoms with Gasteiger partial charge in [-0.05, 0) is 47.9 Å². The van der Waals surface area contributed by atoms with Crippen molar-refractivity contribution in [1.29, 1.82) is 0 Å². The molecule has 0 aliphatic carbocycles. The summed E-state index contributed by atoms with van der Waals surface area (Å²) in [7, 11) is 0. The van der Waals surface area contributed by atoms with E-state index < -0.39 is 0 Å². The van der Waals surface area contributed by atoms with Gasteiger partial charge in [-0.15, -0.1) is 11.3 Å². The number of carbonyl (C=O) groups is 1. The first-order valence-corrected chi connectivity index (χ1v) is 11.3. The number of rotatable bonds is 5. The van der Waals surface area contributed by atoms with Gasteiger partial charge in [-0.1, -0.05) is 24.3 Å². The zero-order chi connectivity index (χ0) is 21.2. The third-order valence-electron chi connectivity index (χ3n) is 5.58. The summed E-state index contributed by atoms with van der Waals surface area (Å²) in [6, 6.07) is 12.5. The molecule has 6 nitrogen and oxygen atoms in total. The van der Waals surface area contributed by atoms with Crippen LogP contribution < -0.4 is 5.32 Å². The van der Waals surface area contributed by atoms with E-state index in [2.05, 4.69) is 45.6 Å². The molecule has 0 saturated carbocycles. The molecule has 0 bridgehead atoms. The van der Waals surface area contributed by atoms with Crippen molar-refractivity contribution in [3.05, 3.63) is 70.8 Å².